The van der Waals surface area contributed by atoms with Crippen LogP contribution < -0.4 is 5.32 Å². The number of aromatic amines is 1. The van der Waals surface area contributed by atoms with Crippen LogP contribution in [0.5, 0.6) is 0 Å². The van der Waals surface area contributed by atoms with Crippen LogP contribution >= 0.6 is 0 Å². The number of aromatic nitrogens is 3. The minimum Gasteiger partial charge on any atom is -0.338 e. The zero-order valence-electron chi connectivity index (χ0n) is 8.45. The summed E-state index contributed by atoms with van der Waals surface area (Å²) in [4.78, 5) is 16.9. The summed E-state index contributed by atoms with van der Waals surface area (Å²) < 4.78 is 0. The Bertz CT molecular complexity index is 271. The maximum Gasteiger partial charge on any atom is 0.317 e. The van der Waals surface area contributed by atoms with Crippen LogP contribution in [0.15, 0.2) is 6.33 Å². The van der Waals surface area contributed by atoms with Crippen molar-refractivity contribution in [1.82, 2.24) is 25.4 Å². The monoisotopic (exact) mass is 197 g/mol. The summed E-state index contributed by atoms with van der Waals surface area (Å²) in [6, 6.07) is -0.0942. The van der Waals surface area contributed by atoms with Gasteiger partial charge in [-0.3, -0.25) is 5.10 Å². The first-order chi connectivity index (χ1) is 6.74. The molecule has 6 heteroatoms. The lowest BCUT2D eigenvalue weighted by atomic mass is 10.5. The molecule has 0 saturated heterocycles. The van der Waals surface area contributed by atoms with Crippen LogP contribution in [0, 0.1) is 0 Å². The number of H-pyrrole nitrogens is 1. The smallest absolute Gasteiger partial charge is 0.317 e. The number of hydrogen-bond acceptors (Lipinski definition) is 3. The number of amides is 2. The van der Waals surface area contributed by atoms with Crippen molar-refractivity contribution in [3.8, 4) is 0 Å². The molecule has 0 aliphatic heterocycles. The Labute approximate surface area is 82.7 Å². The first-order valence-corrected chi connectivity index (χ1v) is 4.57. The van der Waals surface area contributed by atoms with Gasteiger partial charge in [-0.2, -0.15) is 5.10 Å². The van der Waals surface area contributed by atoms with Crippen LogP contribution in [0.1, 0.15) is 19.2 Å². The number of rotatable bonds is 4. The minimum atomic E-state index is -0.0942. The van der Waals surface area contributed by atoms with Crippen LogP contribution in [0.25, 0.3) is 0 Å². The van der Waals surface area contributed by atoms with Crippen LogP contribution in [0.4, 0.5) is 4.79 Å². The molecular weight excluding hydrogens is 182 g/mol. The quantitative estimate of drug-likeness (QED) is 0.731. The summed E-state index contributed by atoms with van der Waals surface area (Å²) in [5.41, 5.74) is 0. The molecule has 0 saturated carbocycles. The summed E-state index contributed by atoms with van der Waals surface area (Å²) >= 11 is 0. The van der Waals surface area contributed by atoms with E-state index in [1.165, 1.54) is 6.33 Å². The van der Waals surface area contributed by atoms with Gasteiger partial charge in [0, 0.05) is 13.6 Å². The highest BCUT2D eigenvalue weighted by molar-refractivity contribution is 5.73. The zero-order valence-corrected chi connectivity index (χ0v) is 8.45. The summed E-state index contributed by atoms with van der Waals surface area (Å²) in [6.07, 6.45) is 2.36. The molecule has 0 bridgehead atoms. The molecule has 0 unspecified atom stereocenters. The Morgan fingerprint density at radius 3 is 3.07 bits per heavy atom. The van der Waals surface area contributed by atoms with Gasteiger partial charge in [0.1, 0.15) is 12.2 Å². The first-order valence-electron chi connectivity index (χ1n) is 4.57. The van der Waals surface area contributed by atoms with E-state index in [0.717, 1.165) is 6.42 Å². The lowest BCUT2D eigenvalue weighted by molar-refractivity contribution is 0.206. The molecule has 2 N–H and O–H groups in total. The standard InChI is InChI=1S/C8H15N5O/c1-3-4-9-8(14)13(2)5-7-10-6-11-12-7/h6H,3-5H2,1-2H3,(H,9,14)(H,10,11,12). The Morgan fingerprint density at radius 2 is 2.50 bits per heavy atom. The molecule has 1 aromatic heterocycles. The van der Waals surface area contributed by atoms with E-state index in [4.69, 9.17) is 0 Å². The number of nitrogens with zero attached hydrogens (tertiary/aromatic N) is 3. The molecule has 0 aliphatic rings. The van der Waals surface area contributed by atoms with Gasteiger partial charge >= 0.3 is 6.03 Å². The van der Waals surface area contributed by atoms with E-state index in [9.17, 15) is 4.79 Å². The maximum absolute atomic E-state index is 11.4. The van der Waals surface area contributed by atoms with Crippen LogP contribution in [0.2, 0.25) is 0 Å². The Kier molecular flexibility index (Phi) is 3.90. The van der Waals surface area contributed by atoms with Gasteiger partial charge in [0.2, 0.25) is 0 Å². The molecule has 1 aromatic rings. The maximum atomic E-state index is 11.4. The molecule has 6 nitrogen and oxygen atoms in total. The van der Waals surface area contributed by atoms with Crippen molar-refractivity contribution in [2.45, 2.75) is 19.9 Å². The van der Waals surface area contributed by atoms with Gasteiger partial charge in [-0.15, -0.1) is 0 Å². The van der Waals surface area contributed by atoms with E-state index in [2.05, 4.69) is 20.5 Å². The van der Waals surface area contributed by atoms with Gasteiger partial charge in [-0.1, -0.05) is 6.92 Å². The van der Waals surface area contributed by atoms with Gasteiger partial charge in [0.25, 0.3) is 0 Å². The van der Waals surface area contributed by atoms with Crippen molar-refractivity contribution in [2.24, 2.45) is 0 Å². The predicted molar refractivity (Wildman–Crippen MR) is 51.5 cm³/mol. The second kappa shape index (κ2) is 5.21. The highest BCUT2D eigenvalue weighted by atomic mass is 16.2. The van der Waals surface area contributed by atoms with E-state index in [-0.39, 0.29) is 6.03 Å². The van der Waals surface area contributed by atoms with Gasteiger partial charge in [-0.05, 0) is 6.42 Å². The van der Waals surface area contributed by atoms with Gasteiger partial charge in [0.05, 0.1) is 6.54 Å². The molecular formula is C8H15N5O. The Morgan fingerprint density at radius 1 is 1.71 bits per heavy atom. The summed E-state index contributed by atoms with van der Waals surface area (Å²) in [5, 5.41) is 9.17. The van der Waals surface area contributed by atoms with Crippen molar-refractivity contribution in [1.29, 1.82) is 0 Å². The minimum absolute atomic E-state index is 0.0942. The highest BCUT2D eigenvalue weighted by Gasteiger charge is 2.08. The number of urea groups is 1. The normalized spacial score (nSPS) is 9.86. The lowest BCUT2D eigenvalue weighted by Gasteiger charge is -2.15. The molecule has 0 radical (unpaired) electrons. The fraction of sp³-hybridized carbons (Fsp3) is 0.625. The Balaban J connectivity index is 2.34. The summed E-state index contributed by atoms with van der Waals surface area (Å²) in [7, 11) is 1.72. The van der Waals surface area contributed by atoms with E-state index >= 15 is 0 Å². The summed E-state index contributed by atoms with van der Waals surface area (Å²) in [5.74, 6) is 0.680. The largest absolute Gasteiger partial charge is 0.338 e. The van der Waals surface area contributed by atoms with Crippen molar-refractivity contribution in [3.63, 3.8) is 0 Å². The average Bonchev–Trinajstić information content (AvgIpc) is 2.66. The molecule has 0 fully saturated rings. The Hall–Kier alpha value is -1.59. The predicted octanol–water partition coefficient (Wildman–Crippen LogP) is 0.356. The van der Waals surface area contributed by atoms with E-state index < -0.39 is 0 Å². The average molecular weight is 197 g/mol. The second-order valence-corrected chi connectivity index (χ2v) is 3.02. The molecule has 78 valence electrons. The highest BCUT2D eigenvalue weighted by Crippen LogP contribution is 1.94. The molecule has 1 heterocycles. The molecule has 0 aliphatic carbocycles. The van der Waals surface area contributed by atoms with Crippen LogP contribution in [-0.4, -0.2) is 39.7 Å². The number of carbonyl (C=O) groups is 1. The lowest BCUT2D eigenvalue weighted by Crippen LogP contribution is -2.37. The van der Waals surface area contributed by atoms with Gasteiger partial charge in [0.15, 0.2) is 0 Å². The fourth-order valence-electron chi connectivity index (χ4n) is 0.970. The molecule has 14 heavy (non-hydrogen) atoms. The van der Waals surface area contributed by atoms with Crippen LogP contribution in [0.3, 0.4) is 0 Å². The molecule has 0 atom stereocenters. The van der Waals surface area contributed by atoms with Crippen molar-refractivity contribution >= 4 is 6.03 Å². The van der Waals surface area contributed by atoms with Crippen molar-refractivity contribution < 1.29 is 4.79 Å². The first kappa shape index (κ1) is 10.5. The van der Waals surface area contributed by atoms with Gasteiger partial charge < -0.3 is 10.2 Å². The van der Waals surface area contributed by atoms with Crippen LogP contribution in [-0.2, 0) is 6.54 Å². The SMILES string of the molecule is CCCNC(=O)N(C)Cc1ncn[nH]1. The van der Waals surface area contributed by atoms with Crippen molar-refractivity contribution in [2.75, 3.05) is 13.6 Å². The second-order valence-electron chi connectivity index (χ2n) is 3.02. The molecule has 1 rings (SSSR count). The third-order valence-corrected chi connectivity index (χ3v) is 1.72. The van der Waals surface area contributed by atoms with Gasteiger partial charge in [-0.25, -0.2) is 9.78 Å². The zero-order chi connectivity index (χ0) is 10.4. The molecule has 2 amide bonds. The van der Waals surface area contributed by atoms with E-state index in [1.807, 2.05) is 6.92 Å². The third-order valence-electron chi connectivity index (χ3n) is 1.72. The number of carbonyl (C=O) groups excluding carboxylic acids is 1. The number of hydrogen-bond donors (Lipinski definition) is 2. The summed E-state index contributed by atoms with van der Waals surface area (Å²) in [6.45, 7) is 3.14. The molecule has 0 spiro atoms. The number of nitrogens with one attached hydrogen (secondary N) is 2. The van der Waals surface area contributed by atoms with Crippen molar-refractivity contribution in [3.05, 3.63) is 12.2 Å². The van der Waals surface area contributed by atoms with E-state index in [0.29, 0.717) is 18.9 Å². The fourth-order valence-corrected chi connectivity index (χ4v) is 0.970. The molecule has 0 aromatic carbocycles. The topological polar surface area (TPSA) is 73.9 Å². The third kappa shape index (κ3) is 3.04. The van der Waals surface area contributed by atoms with E-state index in [1.54, 1.807) is 11.9 Å².